The quantitative estimate of drug-likeness (QED) is 0.786. The number of aliphatic hydroxyl groups is 1. The lowest BCUT2D eigenvalue weighted by Crippen LogP contribution is -2.46. The van der Waals surface area contributed by atoms with Crippen molar-refractivity contribution in [3.05, 3.63) is 71.8 Å². The zero-order valence-corrected chi connectivity index (χ0v) is 13.3. The molecule has 0 aromatic heterocycles. The van der Waals surface area contributed by atoms with Gasteiger partial charge in [0.2, 0.25) is 0 Å². The second-order valence-electron chi connectivity index (χ2n) is 5.63. The van der Waals surface area contributed by atoms with E-state index >= 15 is 0 Å². The Kier molecular flexibility index (Phi) is 6.32. The van der Waals surface area contributed by atoms with Gasteiger partial charge in [0, 0.05) is 19.1 Å². The molecule has 0 amide bonds. The minimum absolute atomic E-state index is 0.437. The van der Waals surface area contributed by atoms with Crippen molar-refractivity contribution >= 4 is 5.97 Å². The predicted octanol–water partition coefficient (Wildman–Crippen LogP) is 2.91. The van der Waals surface area contributed by atoms with Gasteiger partial charge in [0.15, 0.2) is 6.10 Å². The van der Waals surface area contributed by atoms with Gasteiger partial charge in [-0.3, -0.25) is 4.90 Å². The summed E-state index contributed by atoms with van der Waals surface area (Å²) in [7, 11) is 0. The highest BCUT2D eigenvalue weighted by atomic mass is 16.4. The highest BCUT2D eigenvalue weighted by Gasteiger charge is 2.29. The van der Waals surface area contributed by atoms with E-state index in [-0.39, 0.29) is 0 Å². The van der Waals surface area contributed by atoms with Gasteiger partial charge in [-0.1, -0.05) is 67.6 Å². The fourth-order valence-electron chi connectivity index (χ4n) is 2.77. The minimum atomic E-state index is -1.40. The number of nitrogens with zero attached hydrogens (tertiary/aromatic N) is 1. The summed E-state index contributed by atoms with van der Waals surface area (Å²) in [6.07, 6.45) is -0.833. The van der Waals surface area contributed by atoms with Crippen LogP contribution in [-0.4, -0.2) is 33.2 Å². The van der Waals surface area contributed by atoms with Crippen LogP contribution in [0.1, 0.15) is 24.5 Å². The molecular weight excluding hydrogens is 290 g/mol. The Hall–Kier alpha value is -2.17. The Bertz CT molecular complexity index is 559. The van der Waals surface area contributed by atoms with Crippen molar-refractivity contribution in [1.29, 1.82) is 0 Å². The molecule has 0 aliphatic heterocycles. The number of carbonyl (C=O) groups is 1. The molecule has 0 bridgehead atoms. The SMILES string of the molecule is CC[C@@H](C(O)C(=O)O)N(Cc1ccccc1)Cc1ccccc1. The molecule has 0 saturated carbocycles. The van der Waals surface area contributed by atoms with Gasteiger partial charge < -0.3 is 10.2 Å². The van der Waals surface area contributed by atoms with Crippen LogP contribution in [0.5, 0.6) is 0 Å². The number of carboxylic acids is 1. The van der Waals surface area contributed by atoms with Crippen molar-refractivity contribution < 1.29 is 15.0 Å². The van der Waals surface area contributed by atoms with Gasteiger partial charge in [-0.15, -0.1) is 0 Å². The summed E-state index contributed by atoms with van der Waals surface area (Å²) in [4.78, 5) is 13.3. The van der Waals surface area contributed by atoms with Crippen LogP contribution in [0.2, 0.25) is 0 Å². The number of carboxylic acid groups (broad SMARTS) is 1. The first-order valence-electron chi connectivity index (χ1n) is 7.84. The van der Waals surface area contributed by atoms with Crippen LogP contribution < -0.4 is 0 Å². The van der Waals surface area contributed by atoms with E-state index in [1.54, 1.807) is 0 Å². The van der Waals surface area contributed by atoms with E-state index in [1.165, 1.54) is 0 Å². The summed E-state index contributed by atoms with van der Waals surface area (Å²) < 4.78 is 0. The van der Waals surface area contributed by atoms with E-state index in [9.17, 15) is 15.0 Å². The summed E-state index contributed by atoms with van der Waals surface area (Å²) in [6.45, 7) is 3.09. The molecule has 1 unspecified atom stereocenters. The van der Waals surface area contributed by atoms with Crippen molar-refractivity contribution in [2.45, 2.75) is 38.6 Å². The van der Waals surface area contributed by atoms with Crippen LogP contribution in [0.3, 0.4) is 0 Å². The van der Waals surface area contributed by atoms with E-state index in [0.717, 1.165) is 11.1 Å². The number of aliphatic carboxylic acids is 1. The van der Waals surface area contributed by atoms with Gasteiger partial charge in [-0.2, -0.15) is 0 Å². The first-order chi connectivity index (χ1) is 11.1. The van der Waals surface area contributed by atoms with E-state index in [2.05, 4.69) is 0 Å². The molecule has 0 aliphatic rings. The summed E-state index contributed by atoms with van der Waals surface area (Å²) in [5, 5.41) is 19.3. The van der Waals surface area contributed by atoms with Crippen LogP contribution in [-0.2, 0) is 17.9 Å². The van der Waals surface area contributed by atoms with Crippen LogP contribution in [0.15, 0.2) is 60.7 Å². The number of benzene rings is 2. The lowest BCUT2D eigenvalue weighted by atomic mass is 10.0. The highest BCUT2D eigenvalue weighted by molar-refractivity contribution is 5.72. The molecule has 2 aromatic carbocycles. The van der Waals surface area contributed by atoms with E-state index in [4.69, 9.17) is 0 Å². The Labute approximate surface area is 137 Å². The van der Waals surface area contributed by atoms with E-state index in [0.29, 0.717) is 19.5 Å². The van der Waals surface area contributed by atoms with E-state index in [1.807, 2.05) is 72.5 Å². The topological polar surface area (TPSA) is 60.8 Å². The van der Waals surface area contributed by atoms with Gasteiger partial charge in [0.25, 0.3) is 0 Å². The third-order valence-corrected chi connectivity index (χ3v) is 3.96. The van der Waals surface area contributed by atoms with Gasteiger partial charge in [-0.05, 0) is 17.5 Å². The maximum atomic E-state index is 11.2. The lowest BCUT2D eigenvalue weighted by molar-refractivity contribution is -0.151. The molecule has 122 valence electrons. The average Bonchev–Trinajstić information content (AvgIpc) is 2.57. The van der Waals surface area contributed by atoms with Crippen LogP contribution in [0.4, 0.5) is 0 Å². The molecule has 0 aliphatic carbocycles. The summed E-state index contributed by atoms with van der Waals surface area (Å²) in [6, 6.07) is 19.4. The minimum Gasteiger partial charge on any atom is -0.479 e. The Balaban J connectivity index is 2.24. The molecule has 2 N–H and O–H groups in total. The molecule has 2 atom stereocenters. The predicted molar refractivity (Wildman–Crippen MR) is 89.9 cm³/mol. The fourth-order valence-corrected chi connectivity index (χ4v) is 2.77. The molecule has 0 saturated heterocycles. The third-order valence-electron chi connectivity index (χ3n) is 3.96. The number of hydrogen-bond donors (Lipinski definition) is 2. The van der Waals surface area contributed by atoms with Gasteiger partial charge in [0.1, 0.15) is 0 Å². The largest absolute Gasteiger partial charge is 0.479 e. The van der Waals surface area contributed by atoms with Gasteiger partial charge in [0.05, 0.1) is 0 Å². The standard InChI is InChI=1S/C19H23NO3/c1-2-17(18(21)19(22)23)20(13-15-9-5-3-6-10-15)14-16-11-7-4-8-12-16/h3-12,17-18,21H,2,13-14H2,1H3,(H,22,23)/t17-,18?/m0/s1. The number of hydrogen-bond acceptors (Lipinski definition) is 3. The molecule has 0 fully saturated rings. The summed E-state index contributed by atoms with van der Waals surface area (Å²) >= 11 is 0. The summed E-state index contributed by atoms with van der Waals surface area (Å²) in [5.74, 6) is -1.18. The molecule has 4 nitrogen and oxygen atoms in total. The van der Waals surface area contributed by atoms with Crippen molar-refractivity contribution in [1.82, 2.24) is 4.90 Å². The zero-order chi connectivity index (χ0) is 16.7. The maximum Gasteiger partial charge on any atom is 0.334 e. The Morgan fingerprint density at radius 3 is 1.74 bits per heavy atom. The van der Waals surface area contributed by atoms with E-state index < -0.39 is 18.1 Å². The normalized spacial score (nSPS) is 13.7. The Morgan fingerprint density at radius 2 is 1.39 bits per heavy atom. The van der Waals surface area contributed by atoms with Crippen molar-refractivity contribution in [3.63, 3.8) is 0 Å². The molecule has 4 heteroatoms. The van der Waals surface area contributed by atoms with Crippen molar-refractivity contribution in [2.24, 2.45) is 0 Å². The second kappa shape index (κ2) is 8.46. The molecule has 0 radical (unpaired) electrons. The zero-order valence-electron chi connectivity index (χ0n) is 13.3. The lowest BCUT2D eigenvalue weighted by Gasteiger charge is -2.33. The van der Waals surface area contributed by atoms with Gasteiger partial charge >= 0.3 is 5.97 Å². The molecule has 23 heavy (non-hydrogen) atoms. The average molecular weight is 313 g/mol. The summed E-state index contributed by atoms with van der Waals surface area (Å²) in [5.41, 5.74) is 2.19. The number of rotatable bonds is 8. The van der Waals surface area contributed by atoms with Crippen molar-refractivity contribution in [3.8, 4) is 0 Å². The third kappa shape index (κ3) is 4.91. The second-order valence-corrected chi connectivity index (χ2v) is 5.63. The smallest absolute Gasteiger partial charge is 0.334 e. The number of aliphatic hydroxyl groups excluding tert-OH is 1. The van der Waals surface area contributed by atoms with Crippen LogP contribution in [0.25, 0.3) is 0 Å². The monoisotopic (exact) mass is 313 g/mol. The highest BCUT2D eigenvalue weighted by Crippen LogP contribution is 2.18. The van der Waals surface area contributed by atoms with Crippen LogP contribution in [0, 0.1) is 0 Å². The molecule has 0 heterocycles. The Morgan fingerprint density at radius 1 is 0.957 bits per heavy atom. The van der Waals surface area contributed by atoms with Gasteiger partial charge in [-0.25, -0.2) is 4.79 Å². The maximum absolute atomic E-state index is 11.2. The fraction of sp³-hybridized carbons (Fsp3) is 0.316. The first-order valence-corrected chi connectivity index (χ1v) is 7.84. The first kappa shape index (κ1) is 17.2. The van der Waals surface area contributed by atoms with Crippen LogP contribution >= 0.6 is 0 Å². The molecule has 2 rings (SSSR count). The molecular formula is C19H23NO3. The molecule has 2 aromatic rings. The van der Waals surface area contributed by atoms with Crippen molar-refractivity contribution in [2.75, 3.05) is 0 Å². The molecule has 0 spiro atoms.